The third-order valence-corrected chi connectivity index (χ3v) is 2.67. The molecular formula is C9H20N2O2S. The van der Waals surface area contributed by atoms with E-state index in [1.165, 1.54) is 0 Å². The van der Waals surface area contributed by atoms with Crippen LogP contribution in [-0.2, 0) is 15.6 Å². The summed E-state index contributed by atoms with van der Waals surface area (Å²) in [7, 11) is -0.776. The molecule has 0 rings (SSSR count). The molecule has 0 radical (unpaired) electrons. The number of nitrogens with one attached hydrogen (secondary N) is 2. The van der Waals surface area contributed by atoms with Crippen LogP contribution in [0.25, 0.3) is 0 Å². The summed E-state index contributed by atoms with van der Waals surface area (Å²) in [5, 5.41) is 5.87. The SMILES string of the molecule is CCNC(=O)CCNC(C)CS(C)=O. The predicted octanol–water partition coefficient (Wildman–Crippen LogP) is -0.131. The van der Waals surface area contributed by atoms with E-state index < -0.39 is 10.8 Å². The molecular weight excluding hydrogens is 200 g/mol. The van der Waals surface area contributed by atoms with Gasteiger partial charge in [0.15, 0.2) is 0 Å². The zero-order chi connectivity index (χ0) is 11.0. The molecule has 0 aromatic carbocycles. The largest absolute Gasteiger partial charge is 0.356 e. The van der Waals surface area contributed by atoms with Crippen molar-refractivity contribution in [1.82, 2.24) is 10.6 Å². The molecule has 0 heterocycles. The van der Waals surface area contributed by atoms with Crippen LogP contribution in [0.3, 0.4) is 0 Å². The van der Waals surface area contributed by atoms with Gasteiger partial charge in [0.25, 0.3) is 0 Å². The monoisotopic (exact) mass is 220 g/mol. The van der Waals surface area contributed by atoms with Crippen LogP contribution < -0.4 is 10.6 Å². The van der Waals surface area contributed by atoms with E-state index in [9.17, 15) is 9.00 Å². The van der Waals surface area contributed by atoms with E-state index in [1.54, 1.807) is 6.26 Å². The first-order chi connectivity index (χ1) is 6.56. The van der Waals surface area contributed by atoms with Crippen LogP contribution in [0, 0.1) is 0 Å². The van der Waals surface area contributed by atoms with Crippen LogP contribution in [-0.4, -0.2) is 41.3 Å². The van der Waals surface area contributed by atoms with Crippen LogP contribution in [0.4, 0.5) is 0 Å². The Morgan fingerprint density at radius 3 is 2.64 bits per heavy atom. The Morgan fingerprint density at radius 2 is 2.14 bits per heavy atom. The molecule has 0 saturated heterocycles. The zero-order valence-electron chi connectivity index (χ0n) is 9.13. The van der Waals surface area contributed by atoms with Gasteiger partial charge in [-0.2, -0.15) is 0 Å². The van der Waals surface area contributed by atoms with Gasteiger partial charge >= 0.3 is 0 Å². The van der Waals surface area contributed by atoms with E-state index >= 15 is 0 Å². The first-order valence-electron chi connectivity index (χ1n) is 4.86. The molecule has 4 nitrogen and oxygen atoms in total. The van der Waals surface area contributed by atoms with Crippen molar-refractivity contribution < 1.29 is 9.00 Å². The summed E-state index contributed by atoms with van der Waals surface area (Å²) >= 11 is 0. The lowest BCUT2D eigenvalue weighted by Gasteiger charge is -2.11. The lowest BCUT2D eigenvalue weighted by molar-refractivity contribution is -0.120. The molecule has 2 unspecified atom stereocenters. The molecule has 0 aromatic rings. The number of amides is 1. The van der Waals surface area contributed by atoms with E-state index in [0.717, 1.165) is 0 Å². The Kier molecular flexibility index (Phi) is 7.70. The molecule has 0 fully saturated rings. The molecule has 2 N–H and O–H groups in total. The Labute approximate surface area is 88.3 Å². The number of rotatable bonds is 7. The third-order valence-electron chi connectivity index (χ3n) is 1.70. The van der Waals surface area contributed by atoms with E-state index in [1.807, 2.05) is 13.8 Å². The maximum Gasteiger partial charge on any atom is 0.221 e. The minimum absolute atomic E-state index is 0.0600. The first-order valence-corrected chi connectivity index (χ1v) is 6.59. The second-order valence-corrected chi connectivity index (χ2v) is 4.78. The quantitative estimate of drug-likeness (QED) is 0.628. The highest BCUT2D eigenvalue weighted by Gasteiger charge is 2.04. The predicted molar refractivity (Wildman–Crippen MR) is 59.7 cm³/mol. The normalized spacial score (nSPS) is 14.8. The smallest absolute Gasteiger partial charge is 0.221 e. The zero-order valence-corrected chi connectivity index (χ0v) is 9.95. The van der Waals surface area contributed by atoms with E-state index in [0.29, 0.717) is 25.3 Å². The number of hydrogen-bond acceptors (Lipinski definition) is 3. The summed E-state index contributed by atoms with van der Waals surface area (Å²) in [6, 6.07) is 0.204. The number of carbonyl (C=O) groups excluding carboxylic acids is 1. The highest BCUT2D eigenvalue weighted by atomic mass is 32.2. The van der Waals surface area contributed by atoms with Crippen LogP contribution in [0.15, 0.2) is 0 Å². The van der Waals surface area contributed by atoms with Crippen molar-refractivity contribution in [3.05, 3.63) is 0 Å². The van der Waals surface area contributed by atoms with Gasteiger partial charge in [0.2, 0.25) is 5.91 Å². The number of hydrogen-bond donors (Lipinski definition) is 2. The molecule has 1 amide bonds. The summed E-state index contributed by atoms with van der Waals surface area (Å²) in [5.41, 5.74) is 0. The average molecular weight is 220 g/mol. The van der Waals surface area contributed by atoms with Crippen molar-refractivity contribution >= 4 is 16.7 Å². The fourth-order valence-corrected chi connectivity index (χ4v) is 1.95. The highest BCUT2D eigenvalue weighted by Crippen LogP contribution is 1.86. The Balaban J connectivity index is 3.43. The van der Waals surface area contributed by atoms with Crippen LogP contribution in [0.1, 0.15) is 20.3 Å². The summed E-state index contributed by atoms with van der Waals surface area (Å²) in [6.07, 6.45) is 2.16. The minimum Gasteiger partial charge on any atom is -0.356 e. The second kappa shape index (κ2) is 7.94. The minimum atomic E-state index is -0.776. The molecule has 0 spiro atoms. The molecule has 0 saturated carbocycles. The van der Waals surface area contributed by atoms with E-state index in [4.69, 9.17) is 0 Å². The molecule has 0 bridgehead atoms. The standard InChI is InChI=1S/C9H20N2O2S/c1-4-10-9(12)5-6-11-8(2)7-14(3)13/h8,11H,4-7H2,1-3H3,(H,10,12). The van der Waals surface area contributed by atoms with E-state index in [-0.39, 0.29) is 11.9 Å². The summed E-state index contributed by atoms with van der Waals surface area (Å²) in [6.45, 7) is 5.19. The first kappa shape index (κ1) is 13.6. The fraction of sp³-hybridized carbons (Fsp3) is 0.889. The van der Waals surface area contributed by atoms with Gasteiger partial charge in [-0.1, -0.05) is 0 Å². The lowest BCUT2D eigenvalue weighted by Crippen LogP contribution is -2.34. The summed E-state index contributed by atoms with van der Waals surface area (Å²) in [4.78, 5) is 11.0. The van der Waals surface area contributed by atoms with Gasteiger partial charge in [-0.15, -0.1) is 0 Å². The second-order valence-electron chi connectivity index (χ2n) is 3.30. The molecule has 0 aliphatic carbocycles. The van der Waals surface area contributed by atoms with Gasteiger partial charge in [0.05, 0.1) is 0 Å². The average Bonchev–Trinajstić information content (AvgIpc) is 2.02. The van der Waals surface area contributed by atoms with Gasteiger partial charge in [0.1, 0.15) is 0 Å². The maximum absolute atomic E-state index is 11.0. The summed E-state index contributed by atoms with van der Waals surface area (Å²) < 4.78 is 10.8. The van der Waals surface area contributed by atoms with Gasteiger partial charge in [0, 0.05) is 48.4 Å². The van der Waals surface area contributed by atoms with Gasteiger partial charge in [-0.05, 0) is 13.8 Å². The highest BCUT2D eigenvalue weighted by molar-refractivity contribution is 7.84. The molecule has 0 aromatic heterocycles. The van der Waals surface area contributed by atoms with Crippen molar-refractivity contribution in [2.75, 3.05) is 25.1 Å². The Hall–Kier alpha value is -0.420. The van der Waals surface area contributed by atoms with Crippen LogP contribution in [0.5, 0.6) is 0 Å². The Bertz CT molecular complexity index is 197. The number of carbonyl (C=O) groups is 1. The van der Waals surface area contributed by atoms with E-state index in [2.05, 4.69) is 10.6 Å². The topological polar surface area (TPSA) is 58.2 Å². The van der Waals surface area contributed by atoms with Crippen molar-refractivity contribution in [2.45, 2.75) is 26.3 Å². The van der Waals surface area contributed by atoms with Crippen molar-refractivity contribution in [1.29, 1.82) is 0 Å². The molecule has 0 aliphatic heterocycles. The van der Waals surface area contributed by atoms with Crippen molar-refractivity contribution in [3.8, 4) is 0 Å². The van der Waals surface area contributed by atoms with Crippen LogP contribution >= 0.6 is 0 Å². The molecule has 5 heteroatoms. The molecule has 2 atom stereocenters. The molecule has 0 aliphatic rings. The van der Waals surface area contributed by atoms with Gasteiger partial charge in [-0.25, -0.2) is 0 Å². The fourth-order valence-electron chi connectivity index (χ4n) is 1.13. The maximum atomic E-state index is 11.0. The summed E-state index contributed by atoms with van der Waals surface area (Å²) in [5.74, 6) is 0.694. The van der Waals surface area contributed by atoms with Gasteiger partial charge < -0.3 is 10.6 Å². The molecule has 14 heavy (non-hydrogen) atoms. The lowest BCUT2D eigenvalue weighted by atomic mass is 10.3. The third kappa shape index (κ3) is 8.19. The van der Waals surface area contributed by atoms with Crippen molar-refractivity contribution in [3.63, 3.8) is 0 Å². The van der Waals surface area contributed by atoms with Gasteiger partial charge in [-0.3, -0.25) is 9.00 Å². The Morgan fingerprint density at radius 1 is 1.50 bits per heavy atom. The van der Waals surface area contributed by atoms with Crippen LogP contribution in [0.2, 0.25) is 0 Å². The van der Waals surface area contributed by atoms with Crippen molar-refractivity contribution in [2.24, 2.45) is 0 Å². The molecule has 84 valence electrons.